The summed E-state index contributed by atoms with van der Waals surface area (Å²) in [5.41, 5.74) is -3.80. The quantitative estimate of drug-likeness (QED) is 0.105. The number of aryl methyl sites for hydroxylation is 1. The normalized spacial score (nSPS) is 28.3. The van der Waals surface area contributed by atoms with Crippen molar-refractivity contribution < 1.29 is 63.3 Å². The lowest BCUT2D eigenvalue weighted by atomic mass is 9.55. The number of rotatable bonds is 17. The second-order valence-electron chi connectivity index (χ2n) is 16.6. The maximum Gasteiger partial charge on any atom is 0.435 e. The summed E-state index contributed by atoms with van der Waals surface area (Å²) >= 11 is 0. The summed E-state index contributed by atoms with van der Waals surface area (Å²) in [7, 11) is 6.98. The van der Waals surface area contributed by atoms with E-state index in [2.05, 4.69) is 41.1 Å². The molecule has 1 aromatic carbocycles. The van der Waals surface area contributed by atoms with Gasteiger partial charge >= 0.3 is 24.1 Å². The Labute approximate surface area is 328 Å². The van der Waals surface area contributed by atoms with Crippen LogP contribution in [0.4, 0.5) is 39.5 Å². The van der Waals surface area contributed by atoms with Crippen LogP contribution in [0, 0.1) is 17.3 Å². The molecule has 2 saturated carbocycles. The predicted molar refractivity (Wildman–Crippen MR) is 193 cm³/mol. The molecule has 0 spiro atoms. The minimum absolute atomic E-state index is 0.0692. The zero-order valence-electron chi connectivity index (χ0n) is 33.3. The second-order valence-corrected chi connectivity index (χ2v) is 16.6. The smallest absolute Gasteiger partial charge is 0.435 e. The number of hydrogen-bond donors (Lipinski definition) is 1. The van der Waals surface area contributed by atoms with E-state index in [1.54, 1.807) is 19.1 Å². The lowest BCUT2D eigenvalue weighted by molar-refractivity contribution is -0.457. The SMILES string of the molecule is COC1CC(CNCOCCOc2ccc3c(c2)CCC2C3CC[C@@]3(C)C2CC[C@@H]3N(C)C(=O)CN(C)CCCOC(C(F)(F)F)(C(F)(F)F)C(F)(F)F)N(C)C1. The Hall–Kier alpha value is -2.38. The van der Waals surface area contributed by atoms with Crippen molar-refractivity contribution in [3.63, 3.8) is 0 Å². The first-order valence-corrected chi connectivity index (χ1v) is 19.7. The lowest BCUT2D eigenvalue weighted by Gasteiger charge is -2.52. The number of halogens is 9. The van der Waals surface area contributed by atoms with E-state index in [0.29, 0.717) is 43.7 Å². The van der Waals surface area contributed by atoms with Crippen LogP contribution in [0.25, 0.3) is 0 Å². The maximum atomic E-state index is 13.4. The van der Waals surface area contributed by atoms with Crippen molar-refractivity contribution in [2.75, 3.05) is 81.0 Å². The third kappa shape index (κ3) is 9.66. The van der Waals surface area contributed by atoms with Gasteiger partial charge in [-0.2, -0.15) is 39.5 Å². The zero-order valence-corrected chi connectivity index (χ0v) is 33.3. The van der Waals surface area contributed by atoms with Crippen molar-refractivity contribution in [2.45, 2.75) is 107 Å². The number of likely N-dealkylation sites (N-methyl/N-ethyl adjacent to an activating group) is 3. The van der Waals surface area contributed by atoms with Gasteiger partial charge in [0.2, 0.25) is 5.91 Å². The van der Waals surface area contributed by atoms with Crippen molar-refractivity contribution in [3.8, 4) is 5.75 Å². The van der Waals surface area contributed by atoms with Crippen LogP contribution in [0.1, 0.15) is 68.9 Å². The summed E-state index contributed by atoms with van der Waals surface area (Å²) in [6, 6.07) is 6.72. The molecule has 0 bridgehead atoms. The molecule has 3 aliphatic carbocycles. The molecule has 4 aliphatic rings. The van der Waals surface area contributed by atoms with E-state index >= 15 is 0 Å². The number of methoxy groups -OCH3 is 1. The van der Waals surface area contributed by atoms with Crippen molar-refractivity contribution >= 4 is 5.91 Å². The Morgan fingerprint density at radius 1 is 0.965 bits per heavy atom. The number of carbonyl (C=O) groups excluding carboxylic acids is 1. The van der Waals surface area contributed by atoms with Crippen LogP contribution in [0.3, 0.4) is 0 Å². The number of carbonyl (C=O) groups is 1. The summed E-state index contributed by atoms with van der Waals surface area (Å²) in [5.74, 6) is 1.75. The monoisotopic (exact) mass is 832 g/mol. The highest BCUT2D eigenvalue weighted by Crippen LogP contribution is 2.62. The molecule has 1 aromatic rings. The van der Waals surface area contributed by atoms with Crippen LogP contribution in [-0.2, 0) is 25.4 Å². The molecule has 1 N–H and O–H groups in total. The van der Waals surface area contributed by atoms with Gasteiger partial charge < -0.3 is 23.8 Å². The number of alkyl halides is 9. The Morgan fingerprint density at radius 3 is 2.32 bits per heavy atom. The molecule has 1 heterocycles. The molecule has 1 amide bonds. The highest BCUT2D eigenvalue weighted by Gasteiger charge is 2.85. The Morgan fingerprint density at radius 2 is 1.67 bits per heavy atom. The van der Waals surface area contributed by atoms with Crippen LogP contribution >= 0.6 is 0 Å². The largest absolute Gasteiger partial charge is 0.491 e. The number of hydrogen-bond acceptors (Lipinski definition) is 8. The molecule has 1 saturated heterocycles. The van der Waals surface area contributed by atoms with Gasteiger partial charge in [-0.3, -0.25) is 19.9 Å². The van der Waals surface area contributed by atoms with Crippen molar-refractivity contribution in [1.29, 1.82) is 0 Å². The molecule has 1 aliphatic heterocycles. The standard InChI is InChI=1S/C39H57F9N4O5/c1-35-14-13-30-29-10-8-27(56-18-17-55-24-49-21-26-20-28(54-5)22-51(26)3)19-25(29)7-9-31(30)32(35)11-12-33(35)52(4)34(53)23-50(2)15-6-16-57-36(37(40,41)42,38(43,44)45)39(46,47)48/h8,10,19,26,28,30-33,49H,6-7,9,11-18,20-24H2,1-5H3/t26?,28?,30?,31?,32?,33-,35-/m0/s1. The van der Waals surface area contributed by atoms with Crippen LogP contribution in [0.15, 0.2) is 18.2 Å². The summed E-state index contributed by atoms with van der Waals surface area (Å²) in [5, 5.41) is 3.35. The summed E-state index contributed by atoms with van der Waals surface area (Å²) < 4.78 is 139. The van der Waals surface area contributed by atoms with Crippen molar-refractivity contribution in [3.05, 3.63) is 29.3 Å². The van der Waals surface area contributed by atoms with E-state index in [1.807, 2.05) is 6.07 Å². The first-order chi connectivity index (χ1) is 26.6. The van der Waals surface area contributed by atoms with Crippen molar-refractivity contribution in [2.24, 2.45) is 17.3 Å². The van der Waals surface area contributed by atoms with Crippen LogP contribution in [0.5, 0.6) is 5.75 Å². The average molecular weight is 833 g/mol. The Balaban J connectivity index is 1.06. The van der Waals surface area contributed by atoms with E-state index in [-0.39, 0.29) is 36.6 Å². The summed E-state index contributed by atoms with van der Waals surface area (Å²) in [6.07, 6.45) is -14.1. The number of likely N-dealkylation sites (tertiary alicyclic amines) is 1. The van der Waals surface area contributed by atoms with E-state index in [4.69, 9.17) is 14.2 Å². The van der Waals surface area contributed by atoms with Gasteiger partial charge in [-0.1, -0.05) is 13.0 Å². The van der Waals surface area contributed by atoms with Gasteiger partial charge in [0.15, 0.2) is 0 Å². The fourth-order valence-electron chi connectivity index (χ4n) is 10.2. The highest BCUT2D eigenvalue weighted by molar-refractivity contribution is 5.78. The van der Waals surface area contributed by atoms with Gasteiger partial charge in [0.05, 0.1) is 26.0 Å². The number of fused-ring (bicyclic) bond motifs is 5. The molecular formula is C39H57F9N4O5. The van der Waals surface area contributed by atoms with Gasteiger partial charge in [0.25, 0.3) is 0 Å². The molecule has 5 rings (SSSR count). The second kappa shape index (κ2) is 18.1. The molecule has 9 nitrogen and oxygen atoms in total. The molecule has 5 unspecified atom stereocenters. The molecule has 7 atom stereocenters. The topological polar surface area (TPSA) is 75.7 Å². The molecule has 57 heavy (non-hydrogen) atoms. The number of ether oxygens (including phenoxy) is 4. The number of benzene rings is 1. The van der Waals surface area contributed by atoms with E-state index in [9.17, 15) is 44.3 Å². The summed E-state index contributed by atoms with van der Waals surface area (Å²) in [4.78, 5) is 18.8. The minimum Gasteiger partial charge on any atom is -0.491 e. The van der Waals surface area contributed by atoms with Crippen molar-refractivity contribution in [1.82, 2.24) is 20.0 Å². The van der Waals surface area contributed by atoms with E-state index in [1.165, 1.54) is 23.1 Å². The lowest BCUT2D eigenvalue weighted by Crippen LogP contribution is -2.67. The molecule has 326 valence electrons. The molecular weight excluding hydrogens is 775 g/mol. The highest BCUT2D eigenvalue weighted by atomic mass is 19.4. The number of amides is 1. The molecule has 0 radical (unpaired) electrons. The van der Waals surface area contributed by atoms with E-state index in [0.717, 1.165) is 63.8 Å². The fraction of sp³-hybridized carbons (Fsp3) is 0.821. The zero-order chi connectivity index (χ0) is 42.0. The van der Waals surface area contributed by atoms with Crippen LogP contribution in [-0.4, -0.2) is 144 Å². The maximum absolute atomic E-state index is 13.4. The Bertz CT molecular complexity index is 1460. The molecule has 3 fully saturated rings. The van der Waals surface area contributed by atoms with E-state index < -0.39 is 37.2 Å². The van der Waals surface area contributed by atoms with Crippen LogP contribution in [0.2, 0.25) is 0 Å². The van der Waals surface area contributed by atoms with Gasteiger partial charge in [0, 0.05) is 52.5 Å². The first-order valence-electron chi connectivity index (χ1n) is 19.7. The number of nitrogens with one attached hydrogen (secondary N) is 1. The van der Waals surface area contributed by atoms with Crippen LogP contribution < -0.4 is 10.1 Å². The third-order valence-corrected chi connectivity index (χ3v) is 13.2. The minimum atomic E-state index is -6.78. The molecule has 0 aromatic heterocycles. The van der Waals surface area contributed by atoms with Gasteiger partial charge in [-0.25, -0.2) is 0 Å². The summed E-state index contributed by atoms with van der Waals surface area (Å²) in [6.45, 7) is 3.40. The van der Waals surface area contributed by atoms with Gasteiger partial charge in [-0.05, 0) is 112 Å². The predicted octanol–water partition coefficient (Wildman–Crippen LogP) is 6.80. The van der Waals surface area contributed by atoms with Gasteiger partial charge in [-0.15, -0.1) is 0 Å². The molecule has 18 heteroatoms. The fourth-order valence-corrected chi connectivity index (χ4v) is 10.2. The first kappa shape index (κ1) is 45.7. The Kier molecular flexibility index (Phi) is 14.5. The number of nitrogens with zero attached hydrogens (tertiary/aromatic N) is 3. The average Bonchev–Trinajstić information content (AvgIpc) is 3.67. The van der Waals surface area contributed by atoms with Gasteiger partial charge in [0.1, 0.15) is 12.4 Å². The third-order valence-electron chi connectivity index (χ3n) is 13.2.